The van der Waals surface area contributed by atoms with Gasteiger partial charge in [-0.05, 0) is 17.7 Å². The van der Waals surface area contributed by atoms with Crippen LogP contribution in [0.1, 0.15) is 11.1 Å². The molecular formula is C17H17BN2O5. The number of carbonyl (C=O) groups is 1. The van der Waals surface area contributed by atoms with Crippen LogP contribution >= 0.6 is 0 Å². The average Bonchev–Trinajstić information content (AvgIpc) is 2.98. The lowest BCUT2D eigenvalue weighted by Gasteiger charge is -2.19. The first-order valence-corrected chi connectivity index (χ1v) is 7.77. The van der Waals surface area contributed by atoms with Crippen LogP contribution in [0.2, 0.25) is 0 Å². The van der Waals surface area contributed by atoms with Crippen LogP contribution in [0.4, 0.5) is 0 Å². The number of amides is 1. The second-order valence-electron chi connectivity index (χ2n) is 5.52. The third-order valence-electron chi connectivity index (χ3n) is 3.66. The van der Waals surface area contributed by atoms with Crippen molar-refractivity contribution in [1.29, 1.82) is 0 Å². The van der Waals surface area contributed by atoms with Gasteiger partial charge >= 0.3 is 7.32 Å². The SMILES string of the molecule is O=C(Cc1cccnc1)N[C@@H](Cc1coc2ccccc12)OB(O)O. The van der Waals surface area contributed by atoms with Gasteiger partial charge < -0.3 is 24.4 Å². The van der Waals surface area contributed by atoms with E-state index in [2.05, 4.69) is 10.3 Å². The molecule has 0 spiro atoms. The average molecular weight is 340 g/mol. The fraction of sp³-hybridized carbons (Fsp3) is 0.176. The van der Waals surface area contributed by atoms with E-state index in [0.29, 0.717) is 5.58 Å². The number of aromatic nitrogens is 1. The molecule has 0 bridgehead atoms. The third kappa shape index (κ3) is 4.66. The van der Waals surface area contributed by atoms with Crippen molar-refractivity contribution < 1.29 is 23.9 Å². The van der Waals surface area contributed by atoms with E-state index in [0.717, 1.165) is 16.5 Å². The molecule has 25 heavy (non-hydrogen) atoms. The molecule has 0 saturated heterocycles. The molecule has 7 nitrogen and oxygen atoms in total. The van der Waals surface area contributed by atoms with Crippen LogP contribution in [0.5, 0.6) is 0 Å². The van der Waals surface area contributed by atoms with Crippen molar-refractivity contribution in [2.24, 2.45) is 0 Å². The smallest absolute Gasteiger partial charge is 0.464 e. The fourth-order valence-corrected chi connectivity index (χ4v) is 2.59. The molecule has 3 N–H and O–H groups in total. The number of furan rings is 1. The number of nitrogens with zero attached hydrogens (tertiary/aromatic N) is 1. The summed E-state index contributed by atoms with van der Waals surface area (Å²) in [5, 5.41) is 21.8. The molecular weight excluding hydrogens is 323 g/mol. The van der Waals surface area contributed by atoms with Gasteiger partial charge in [-0.25, -0.2) is 0 Å². The molecule has 2 heterocycles. The van der Waals surface area contributed by atoms with Crippen molar-refractivity contribution in [2.45, 2.75) is 19.1 Å². The fourth-order valence-electron chi connectivity index (χ4n) is 2.59. The summed E-state index contributed by atoms with van der Waals surface area (Å²) in [6.45, 7) is 0. The summed E-state index contributed by atoms with van der Waals surface area (Å²) in [4.78, 5) is 16.1. The van der Waals surface area contributed by atoms with E-state index in [1.54, 1.807) is 30.8 Å². The maximum Gasteiger partial charge on any atom is 0.635 e. The lowest BCUT2D eigenvalue weighted by atomic mass is 10.1. The summed E-state index contributed by atoms with van der Waals surface area (Å²) >= 11 is 0. The lowest BCUT2D eigenvalue weighted by molar-refractivity contribution is -0.123. The predicted molar refractivity (Wildman–Crippen MR) is 91.1 cm³/mol. The molecule has 3 aromatic rings. The van der Waals surface area contributed by atoms with Gasteiger partial charge in [-0.15, -0.1) is 0 Å². The molecule has 0 aliphatic carbocycles. The molecule has 1 aromatic carbocycles. The van der Waals surface area contributed by atoms with Gasteiger partial charge in [0, 0.05) is 29.8 Å². The maximum atomic E-state index is 12.2. The molecule has 1 atom stereocenters. The van der Waals surface area contributed by atoms with Crippen LogP contribution in [-0.4, -0.2) is 34.5 Å². The zero-order chi connectivity index (χ0) is 17.6. The predicted octanol–water partition coefficient (Wildman–Crippen LogP) is 1.04. The Bertz CT molecular complexity index is 837. The van der Waals surface area contributed by atoms with Crippen LogP contribution in [0.25, 0.3) is 11.0 Å². The molecule has 0 aliphatic heterocycles. The summed E-state index contributed by atoms with van der Waals surface area (Å²) in [7, 11) is -2.00. The Labute approximate surface area is 144 Å². The molecule has 3 rings (SSSR count). The molecule has 0 saturated carbocycles. The summed E-state index contributed by atoms with van der Waals surface area (Å²) in [6, 6.07) is 11.0. The third-order valence-corrected chi connectivity index (χ3v) is 3.66. The van der Waals surface area contributed by atoms with Gasteiger partial charge in [-0.2, -0.15) is 0 Å². The number of pyridine rings is 1. The highest BCUT2D eigenvalue weighted by Crippen LogP contribution is 2.22. The summed E-state index contributed by atoms with van der Waals surface area (Å²) in [5.41, 5.74) is 2.25. The highest BCUT2D eigenvalue weighted by atomic mass is 16.6. The van der Waals surface area contributed by atoms with Crippen molar-refractivity contribution in [3.63, 3.8) is 0 Å². The van der Waals surface area contributed by atoms with E-state index in [4.69, 9.17) is 19.1 Å². The molecule has 1 amide bonds. The van der Waals surface area contributed by atoms with Gasteiger partial charge in [-0.1, -0.05) is 24.3 Å². The van der Waals surface area contributed by atoms with Gasteiger partial charge in [0.25, 0.3) is 0 Å². The van der Waals surface area contributed by atoms with Crippen molar-refractivity contribution >= 4 is 24.2 Å². The van der Waals surface area contributed by atoms with Crippen LogP contribution in [0.15, 0.2) is 59.5 Å². The van der Waals surface area contributed by atoms with Crippen molar-refractivity contribution in [2.75, 3.05) is 0 Å². The lowest BCUT2D eigenvalue weighted by Crippen LogP contribution is -2.43. The van der Waals surface area contributed by atoms with Gasteiger partial charge in [0.05, 0.1) is 12.7 Å². The van der Waals surface area contributed by atoms with Crippen molar-refractivity contribution in [1.82, 2.24) is 10.3 Å². The second-order valence-corrected chi connectivity index (χ2v) is 5.52. The van der Waals surface area contributed by atoms with E-state index in [-0.39, 0.29) is 18.7 Å². The largest absolute Gasteiger partial charge is 0.635 e. The Morgan fingerprint density at radius 3 is 2.88 bits per heavy atom. The molecule has 2 aromatic heterocycles. The first-order chi connectivity index (χ1) is 12.1. The Morgan fingerprint density at radius 1 is 1.28 bits per heavy atom. The van der Waals surface area contributed by atoms with Gasteiger partial charge in [0.1, 0.15) is 11.8 Å². The summed E-state index contributed by atoms with van der Waals surface area (Å²) in [5.74, 6) is -0.313. The zero-order valence-corrected chi connectivity index (χ0v) is 13.3. The number of carbonyl (C=O) groups excluding carboxylic acids is 1. The van der Waals surface area contributed by atoms with E-state index in [1.807, 2.05) is 24.3 Å². The van der Waals surface area contributed by atoms with E-state index in [1.165, 1.54) is 0 Å². The van der Waals surface area contributed by atoms with E-state index in [9.17, 15) is 4.79 Å². The van der Waals surface area contributed by atoms with Gasteiger partial charge in [0.2, 0.25) is 5.91 Å². The van der Waals surface area contributed by atoms with Crippen molar-refractivity contribution in [3.05, 3.63) is 66.2 Å². The number of hydrogen-bond acceptors (Lipinski definition) is 6. The highest BCUT2D eigenvalue weighted by Gasteiger charge is 2.22. The standard InChI is InChI=1S/C17H17BN2O5/c21-16(8-12-4-3-7-19-10-12)20-17(25-18(22)23)9-13-11-24-15-6-2-1-5-14(13)15/h1-7,10-11,17,22-23H,8-9H2,(H,20,21)/t17-/m1/s1. The Morgan fingerprint density at radius 2 is 2.12 bits per heavy atom. The van der Waals surface area contributed by atoms with Gasteiger partial charge in [-0.3, -0.25) is 9.78 Å². The normalized spacial score (nSPS) is 12.1. The Balaban J connectivity index is 1.70. The maximum absolute atomic E-state index is 12.2. The first-order valence-electron chi connectivity index (χ1n) is 7.77. The monoisotopic (exact) mass is 340 g/mol. The second kappa shape index (κ2) is 7.93. The van der Waals surface area contributed by atoms with E-state index >= 15 is 0 Å². The van der Waals surface area contributed by atoms with Crippen LogP contribution in [-0.2, 0) is 22.3 Å². The van der Waals surface area contributed by atoms with Crippen LogP contribution < -0.4 is 5.32 Å². The van der Waals surface area contributed by atoms with Crippen LogP contribution in [0, 0.1) is 0 Å². The quantitative estimate of drug-likeness (QED) is 0.439. The summed E-state index contributed by atoms with van der Waals surface area (Å²) < 4.78 is 10.5. The Hall–Kier alpha value is -2.68. The number of para-hydroxylation sites is 1. The highest BCUT2D eigenvalue weighted by molar-refractivity contribution is 6.32. The number of hydrogen-bond donors (Lipinski definition) is 3. The molecule has 0 radical (unpaired) electrons. The first kappa shape index (κ1) is 17.2. The molecule has 8 heteroatoms. The Kier molecular flexibility index (Phi) is 5.44. The molecule has 0 aliphatic rings. The summed E-state index contributed by atoms with van der Waals surface area (Å²) in [6.07, 6.45) is 4.22. The number of rotatable bonds is 7. The molecule has 128 valence electrons. The van der Waals surface area contributed by atoms with E-state index < -0.39 is 13.5 Å². The minimum absolute atomic E-state index is 0.112. The van der Waals surface area contributed by atoms with Crippen molar-refractivity contribution in [3.8, 4) is 0 Å². The number of fused-ring (bicyclic) bond motifs is 1. The van der Waals surface area contributed by atoms with Gasteiger partial charge in [0.15, 0.2) is 0 Å². The minimum atomic E-state index is -2.00. The zero-order valence-electron chi connectivity index (χ0n) is 13.3. The number of benzene rings is 1. The molecule has 0 unspecified atom stereocenters. The number of nitrogens with one attached hydrogen (secondary N) is 1. The molecule has 0 fully saturated rings. The minimum Gasteiger partial charge on any atom is -0.464 e. The van der Waals surface area contributed by atoms with Crippen LogP contribution in [0.3, 0.4) is 0 Å². The topological polar surface area (TPSA) is 105 Å².